The van der Waals surface area contributed by atoms with Crippen molar-refractivity contribution >= 4 is 46.4 Å². The second-order valence-electron chi connectivity index (χ2n) is 8.53. The summed E-state index contributed by atoms with van der Waals surface area (Å²) in [6, 6.07) is 26.7. The van der Waals surface area contributed by atoms with Gasteiger partial charge in [-0.3, -0.25) is 19.2 Å². The number of rotatable bonds is 0. The van der Waals surface area contributed by atoms with Gasteiger partial charge in [0, 0.05) is 39.4 Å². The number of carbonyl (C=O) groups is 4. The molecule has 4 aromatic carbocycles. The van der Waals surface area contributed by atoms with Crippen LogP contribution in [0.25, 0.3) is 0 Å². The molecule has 0 saturated heterocycles. The zero-order valence-corrected chi connectivity index (χ0v) is 19.6. The fraction of sp³-hybridized carbons (Fsp3) is 0.0345. The highest BCUT2D eigenvalue weighted by molar-refractivity contribution is 6.09. The molecule has 0 fully saturated rings. The zero-order chi connectivity index (χ0) is 25.8. The van der Waals surface area contributed by atoms with Crippen molar-refractivity contribution in [1.29, 1.82) is 0 Å². The van der Waals surface area contributed by atoms with Gasteiger partial charge in [-0.25, -0.2) is 0 Å². The normalized spacial score (nSPS) is 13.8. The van der Waals surface area contributed by atoms with Crippen LogP contribution in [-0.2, 0) is 11.2 Å². The smallest absolute Gasteiger partial charge is 0.255 e. The van der Waals surface area contributed by atoms with Crippen LogP contribution < -0.4 is 21.3 Å². The molecule has 37 heavy (non-hydrogen) atoms. The van der Waals surface area contributed by atoms with Crippen LogP contribution in [0.5, 0.6) is 0 Å². The Morgan fingerprint density at radius 2 is 0.811 bits per heavy atom. The third kappa shape index (κ3) is 5.71. The summed E-state index contributed by atoms with van der Waals surface area (Å²) in [5.41, 5.74) is 3.62. The second kappa shape index (κ2) is 10.2. The number of benzene rings is 4. The summed E-state index contributed by atoms with van der Waals surface area (Å²) in [4.78, 5) is 51.3. The van der Waals surface area contributed by atoms with Gasteiger partial charge in [0.15, 0.2) is 0 Å². The summed E-state index contributed by atoms with van der Waals surface area (Å²) in [5.74, 6) is -1.40. The first kappa shape index (κ1) is 23.5. The molecule has 4 amide bonds. The van der Waals surface area contributed by atoms with E-state index in [0.717, 1.165) is 0 Å². The van der Waals surface area contributed by atoms with Gasteiger partial charge in [-0.2, -0.15) is 0 Å². The van der Waals surface area contributed by atoms with Gasteiger partial charge in [-0.05, 0) is 72.3 Å². The van der Waals surface area contributed by atoms with Crippen LogP contribution in [0.1, 0.15) is 36.6 Å². The van der Waals surface area contributed by atoms with Crippen LogP contribution in [0.15, 0.2) is 97.1 Å². The topological polar surface area (TPSA) is 116 Å². The molecule has 1 aliphatic heterocycles. The average molecular weight is 491 g/mol. The molecule has 1 aliphatic rings. The molecule has 0 aliphatic carbocycles. The number of amides is 4. The summed E-state index contributed by atoms with van der Waals surface area (Å²) in [6.07, 6.45) is 0.0778. The summed E-state index contributed by atoms with van der Waals surface area (Å²) in [6.45, 7) is 0. The summed E-state index contributed by atoms with van der Waals surface area (Å²) < 4.78 is 0. The highest BCUT2D eigenvalue weighted by atomic mass is 16.2. The molecule has 0 radical (unpaired) electrons. The molecule has 4 aromatic rings. The Bertz CT molecular complexity index is 1550. The van der Waals surface area contributed by atoms with Crippen molar-refractivity contribution < 1.29 is 19.2 Å². The van der Waals surface area contributed by atoms with E-state index in [1.165, 1.54) is 0 Å². The Kier molecular flexibility index (Phi) is 6.46. The lowest BCUT2D eigenvalue weighted by atomic mass is 10.1. The Labute approximate surface area is 212 Å². The predicted molar refractivity (Wildman–Crippen MR) is 142 cm³/mol. The molecular weight excluding hydrogens is 468 g/mol. The van der Waals surface area contributed by atoms with Crippen molar-refractivity contribution in [3.63, 3.8) is 0 Å². The van der Waals surface area contributed by atoms with Crippen LogP contribution in [-0.4, -0.2) is 23.6 Å². The number of fused-ring (bicyclic) bond motifs is 8. The Balaban J connectivity index is 1.51. The summed E-state index contributed by atoms with van der Waals surface area (Å²) in [7, 11) is 0. The number of carbonyl (C=O) groups excluding carboxylic acids is 4. The molecule has 182 valence electrons. The fourth-order valence-corrected chi connectivity index (χ4v) is 3.97. The maximum Gasteiger partial charge on any atom is 0.255 e. The first-order chi connectivity index (χ1) is 17.9. The minimum atomic E-state index is -0.392. The largest absolute Gasteiger partial charge is 0.326 e. The average Bonchev–Trinajstić information content (AvgIpc) is 2.89. The molecule has 0 saturated carbocycles. The summed E-state index contributed by atoms with van der Waals surface area (Å²) in [5, 5.41) is 11.2. The number of nitrogens with one attached hydrogen (secondary N) is 4. The van der Waals surface area contributed by atoms with E-state index in [9.17, 15) is 19.2 Å². The number of hydrogen-bond acceptors (Lipinski definition) is 4. The minimum absolute atomic E-state index is 0.0778. The van der Waals surface area contributed by atoms with E-state index >= 15 is 0 Å². The maximum absolute atomic E-state index is 12.9. The molecule has 0 aromatic heterocycles. The van der Waals surface area contributed by atoms with Gasteiger partial charge in [0.05, 0.1) is 6.42 Å². The van der Waals surface area contributed by atoms with Gasteiger partial charge >= 0.3 is 0 Å². The van der Waals surface area contributed by atoms with Crippen molar-refractivity contribution in [3.8, 4) is 0 Å². The standard InChI is InChI=1S/C29H22N4O4/c34-26-14-18-5-1-9-22(13-18)31-27(35)20-7-3-11-24(16-20)33-29(37)21-8-4-12-25(17-21)32-28(36)19-6-2-10-23(15-19)30-26/h1-13,15-17H,14H2,(H,30,34)(H,31,35)(H,32,36)(H,33,37). The van der Waals surface area contributed by atoms with E-state index in [2.05, 4.69) is 21.3 Å². The van der Waals surface area contributed by atoms with Gasteiger partial charge in [-0.15, -0.1) is 0 Å². The van der Waals surface area contributed by atoms with Crippen LogP contribution in [0.4, 0.5) is 22.7 Å². The lowest BCUT2D eigenvalue weighted by Gasteiger charge is -2.10. The Morgan fingerprint density at radius 1 is 0.432 bits per heavy atom. The minimum Gasteiger partial charge on any atom is -0.326 e. The van der Waals surface area contributed by atoms with E-state index in [4.69, 9.17) is 0 Å². The highest BCUT2D eigenvalue weighted by Gasteiger charge is 2.14. The van der Waals surface area contributed by atoms with E-state index in [0.29, 0.717) is 45.0 Å². The van der Waals surface area contributed by atoms with E-state index < -0.39 is 5.91 Å². The van der Waals surface area contributed by atoms with Crippen LogP contribution >= 0.6 is 0 Å². The first-order valence-electron chi connectivity index (χ1n) is 11.6. The van der Waals surface area contributed by atoms with Gasteiger partial charge in [0.25, 0.3) is 17.7 Å². The van der Waals surface area contributed by atoms with Gasteiger partial charge in [0.2, 0.25) is 5.91 Å². The molecule has 0 spiro atoms. The predicted octanol–water partition coefficient (Wildman–Crippen LogP) is 4.94. The van der Waals surface area contributed by atoms with Crippen molar-refractivity contribution in [2.45, 2.75) is 6.42 Å². The Hall–Kier alpha value is -5.24. The maximum atomic E-state index is 12.9. The molecule has 5 rings (SSSR count). The monoisotopic (exact) mass is 490 g/mol. The summed E-state index contributed by atoms with van der Waals surface area (Å²) >= 11 is 0. The molecule has 0 atom stereocenters. The van der Waals surface area contributed by atoms with E-state index in [-0.39, 0.29) is 24.1 Å². The van der Waals surface area contributed by atoms with Crippen molar-refractivity contribution in [2.24, 2.45) is 0 Å². The lowest BCUT2D eigenvalue weighted by Crippen LogP contribution is -2.16. The van der Waals surface area contributed by atoms with Gasteiger partial charge < -0.3 is 21.3 Å². The van der Waals surface area contributed by atoms with E-state index in [1.54, 1.807) is 97.1 Å². The number of hydrogen-bond donors (Lipinski definition) is 4. The highest BCUT2D eigenvalue weighted by Crippen LogP contribution is 2.19. The molecule has 8 heteroatoms. The molecule has 8 nitrogen and oxygen atoms in total. The van der Waals surface area contributed by atoms with Crippen molar-refractivity contribution in [1.82, 2.24) is 0 Å². The van der Waals surface area contributed by atoms with Crippen molar-refractivity contribution in [2.75, 3.05) is 21.3 Å². The fourth-order valence-electron chi connectivity index (χ4n) is 3.97. The van der Waals surface area contributed by atoms with Crippen molar-refractivity contribution in [3.05, 3.63) is 119 Å². The van der Waals surface area contributed by atoms with Crippen LogP contribution in [0, 0.1) is 0 Å². The van der Waals surface area contributed by atoms with E-state index in [1.807, 2.05) is 0 Å². The second-order valence-corrected chi connectivity index (χ2v) is 8.53. The SMILES string of the molecule is O=C1Cc2cccc(c2)NC(=O)c2cccc(c2)NC(=O)c2cccc(c2)NC(=O)c2cccc(c2)N1. The third-order valence-electron chi connectivity index (χ3n) is 5.72. The number of anilines is 4. The quantitative estimate of drug-likeness (QED) is 0.279. The molecule has 8 bridgehead atoms. The molecule has 1 heterocycles. The molecule has 0 unspecified atom stereocenters. The molecular formula is C29H22N4O4. The Morgan fingerprint density at radius 3 is 1.27 bits per heavy atom. The first-order valence-corrected chi connectivity index (χ1v) is 11.6. The van der Waals surface area contributed by atoms with Gasteiger partial charge in [0.1, 0.15) is 0 Å². The molecule has 4 N–H and O–H groups in total. The van der Waals surface area contributed by atoms with Crippen LogP contribution in [0.3, 0.4) is 0 Å². The van der Waals surface area contributed by atoms with Crippen LogP contribution in [0.2, 0.25) is 0 Å². The third-order valence-corrected chi connectivity index (χ3v) is 5.72. The van der Waals surface area contributed by atoms with Gasteiger partial charge in [-0.1, -0.05) is 30.3 Å². The lowest BCUT2D eigenvalue weighted by molar-refractivity contribution is -0.115. The zero-order valence-electron chi connectivity index (χ0n) is 19.6.